The molecule has 7 nitrogen and oxygen atoms in total. The Bertz CT molecular complexity index is 499. The molecule has 0 aromatic carbocycles. The van der Waals surface area contributed by atoms with Gasteiger partial charge in [-0.2, -0.15) is 4.98 Å². The van der Waals surface area contributed by atoms with Crippen LogP contribution in [0.4, 0.5) is 10.7 Å². The molecule has 1 aliphatic heterocycles. The quantitative estimate of drug-likeness (QED) is 0.803. The van der Waals surface area contributed by atoms with Crippen LogP contribution in [0.5, 0.6) is 5.88 Å². The molecule has 1 aromatic rings. The number of methoxy groups -OCH3 is 1. The molecule has 9 heteroatoms. The van der Waals surface area contributed by atoms with Gasteiger partial charge in [-0.05, 0) is 0 Å². The van der Waals surface area contributed by atoms with Crippen molar-refractivity contribution in [2.45, 2.75) is 6.04 Å². The van der Waals surface area contributed by atoms with Gasteiger partial charge in [-0.15, -0.1) is 0 Å². The van der Waals surface area contributed by atoms with E-state index in [-0.39, 0.29) is 22.2 Å². The molecule has 0 aliphatic carbocycles. The molecule has 2 N–H and O–H groups in total. The van der Waals surface area contributed by atoms with Crippen molar-refractivity contribution >= 4 is 40.5 Å². The number of rotatable bonds is 3. The van der Waals surface area contributed by atoms with Gasteiger partial charge in [0.1, 0.15) is 11.2 Å². The lowest BCUT2D eigenvalue weighted by Crippen LogP contribution is -2.39. The standard InChI is InChI=1S/C9H9ClN4O3S/c1-17-6-2-5(10)12-8(13-6)14-7(15)4-3-18-9(16)11-4/h2,4H,3H2,1H3,(H,11,16)(H,12,13,14,15). The van der Waals surface area contributed by atoms with E-state index >= 15 is 0 Å². The van der Waals surface area contributed by atoms with Gasteiger partial charge in [0.2, 0.25) is 17.7 Å². The molecule has 0 spiro atoms. The maximum atomic E-state index is 11.8. The molecule has 1 fully saturated rings. The number of aromatic nitrogens is 2. The molecule has 18 heavy (non-hydrogen) atoms. The lowest BCUT2D eigenvalue weighted by Gasteiger charge is -2.09. The van der Waals surface area contributed by atoms with Crippen LogP contribution in [0, 0.1) is 0 Å². The third kappa shape index (κ3) is 3.02. The second-order valence-corrected chi connectivity index (χ2v) is 4.72. The van der Waals surface area contributed by atoms with Gasteiger partial charge in [-0.25, -0.2) is 4.98 Å². The van der Waals surface area contributed by atoms with E-state index in [1.165, 1.54) is 13.2 Å². The topological polar surface area (TPSA) is 93.2 Å². The molecular formula is C9H9ClN4O3S. The highest BCUT2D eigenvalue weighted by Crippen LogP contribution is 2.17. The maximum Gasteiger partial charge on any atom is 0.279 e. The summed E-state index contributed by atoms with van der Waals surface area (Å²) in [6.45, 7) is 0. The molecule has 0 bridgehead atoms. The van der Waals surface area contributed by atoms with Crippen molar-refractivity contribution in [2.75, 3.05) is 18.2 Å². The summed E-state index contributed by atoms with van der Waals surface area (Å²) in [5.41, 5.74) is 0. The third-order valence-corrected chi connectivity index (χ3v) is 3.18. The molecule has 1 aliphatic rings. The highest BCUT2D eigenvalue weighted by molar-refractivity contribution is 8.14. The molecule has 1 unspecified atom stereocenters. The van der Waals surface area contributed by atoms with Gasteiger partial charge in [0.05, 0.1) is 7.11 Å². The Kier molecular flexibility index (Phi) is 3.87. The van der Waals surface area contributed by atoms with Crippen LogP contribution in [-0.4, -0.2) is 40.0 Å². The average molecular weight is 289 g/mol. The summed E-state index contributed by atoms with van der Waals surface area (Å²) in [5.74, 6) is 0.269. The van der Waals surface area contributed by atoms with Crippen LogP contribution in [-0.2, 0) is 4.79 Å². The first-order valence-electron chi connectivity index (χ1n) is 4.91. The lowest BCUT2D eigenvalue weighted by molar-refractivity contribution is -0.117. The van der Waals surface area contributed by atoms with Crippen LogP contribution in [0.2, 0.25) is 5.15 Å². The summed E-state index contributed by atoms with van der Waals surface area (Å²) in [6, 6.07) is 0.834. The summed E-state index contributed by atoms with van der Waals surface area (Å²) >= 11 is 6.79. The number of thioether (sulfide) groups is 1. The molecule has 2 rings (SSSR count). The Morgan fingerprint density at radius 1 is 1.67 bits per heavy atom. The van der Waals surface area contributed by atoms with Gasteiger partial charge >= 0.3 is 0 Å². The van der Waals surface area contributed by atoms with Crippen LogP contribution in [0.15, 0.2) is 6.07 Å². The number of nitrogens with one attached hydrogen (secondary N) is 2. The van der Waals surface area contributed by atoms with Crippen molar-refractivity contribution in [1.82, 2.24) is 15.3 Å². The highest BCUT2D eigenvalue weighted by Gasteiger charge is 2.28. The van der Waals surface area contributed by atoms with E-state index in [2.05, 4.69) is 20.6 Å². The number of hydrogen-bond donors (Lipinski definition) is 2. The number of nitrogens with zero attached hydrogens (tertiary/aromatic N) is 2. The normalized spacial score (nSPS) is 18.3. The van der Waals surface area contributed by atoms with Crippen molar-refractivity contribution in [3.8, 4) is 5.88 Å². The second-order valence-electron chi connectivity index (χ2n) is 3.34. The average Bonchev–Trinajstić information content (AvgIpc) is 2.75. The van der Waals surface area contributed by atoms with Crippen LogP contribution >= 0.6 is 23.4 Å². The Labute approximate surface area is 112 Å². The first-order chi connectivity index (χ1) is 8.58. The van der Waals surface area contributed by atoms with Crippen molar-refractivity contribution in [3.63, 3.8) is 0 Å². The van der Waals surface area contributed by atoms with Crippen LogP contribution < -0.4 is 15.4 Å². The summed E-state index contributed by atoms with van der Waals surface area (Å²) in [5, 5.41) is 4.91. The summed E-state index contributed by atoms with van der Waals surface area (Å²) in [7, 11) is 1.43. The first kappa shape index (κ1) is 12.9. The summed E-state index contributed by atoms with van der Waals surface area (Å²) in [4.78, 5) is 30.5. The van der Waals surface area contributed by atoms with E-state index in [1.807, 2.05) is 0 Å². The van der Waals surface area contributed by atoms with Gasteiger partial charge in [-0.3, -0.25) is 14.9 Å². The molecule has 2 amide bonds. The molecule has 1 atom stereocenters. The molecular weight excluding hydrogens is 280 g/mol. The van der Waals surface area contributed by atoms with Gasteiger partial charge < -0.3 is 10.1 Å². The van der Waals surface area contributed by atoms with Crippen molar-refractivity contribution in [2.24, 2.45) is 0 Å². The fraction of sp³-hybridized carbons (Fsp3) is 0.333. The molecule has 1 saturated heterocycles. The number of carbonyl (C=O) groups excluding carboxylic acids is 2. The van der Waals surface area contributed by atoms with Gasteiger partial charge in [0, 0.05) is 11.8 Å². The fourth-order valence-electron chi connectivity index (χ4n) is 1.28. The maximum absolute atomic E-state index is 11.8. The smallest absolute Gasteiger partial charge is 0.279 e. The van der Waals surface area contributed by atoms with Crippen LogP contribution in [0.1, 0.15) is 0 Å². The SMILES string of the molecule is COc1cc(Cl)nc(NC(=O)C2CSC(=O)N2)n1. The summed E-state index contributed by atoms with van der Waals surface area (Å²) < 4.78 is 4.90. The van der Waals surface area contributed by atoms with Crippen molar-refractivity contribution < 1.29 is 14.3 Å². The van der Waals surface area contributed by atoms with Crippen LogP contribution in [0.25, 0.3) is 0 Å². The first-order valence-corrected chi connectivity index (χ1v) is 6.27. The van der Waals surface area contributed by atoms with Gasteiger partial charge in [-0.1, -0.05) is 23.4 Å². The van der Waals surface area contributed by atoms with Gasteiger partial charge in [0.15, 0.2) is 0 Å². The minimum absolute atomic E-state index is 0.0375. The second kappa shape index (κ2) is 5.40. The van der Waals surface area contributed by atoms with Crippen molar-refractivity contribution in [1.29, 1.82) is 0 Å². The Hall–Kier alpha value is -1.54. The minimum Gasteiger partial charge on any atom is -0.481 e. The zero-order valence-corrected chi connectivity index (χ0v) is 10.8. The lowest BCUT2D eigenvalue weighted by atomic mass is 10.3. The zero-order valence-electron chi connectivity index (χ0n) is 9.27. The number of anilines is 1. The minimum atomic E-state index is -0.587. The van der Waals surface area contributed by atoms with E-state index in [0.717, 1.165) is 11.8 Å². The largest absolute Gasteiger partial charge is 0.481 e. The van der Waals surface area contributed by atoms with E-state index in [1.54, 1.807) is 0 Å². The van der Waals surface area contributed by atoms with Gasteiger partial charge in [0.25, 0.3) is 5.24 Å². The Morgan fingerprint density at radius 3 is 3.06 bits per heavy atom. The number of carbonyl (C=O) groups is 2. The number of hydrogen-bond acceptors (Lipinski definition) is 6. The molecule has 96 valence electrons. The zero-order chi connectivity index (χ0) is 13.1. The van der Waals surface area contributed by atoms with E-state index < -0.39 is 11.9 Å². The fourth-order valence-corrected chi connectivity index (χ4v) is 2.23. The summed E-state index contributed by atoms with van der Waals surface area (Å²) in [6.07, 6.45) is 0. The predicted molar refractivity (Wildman–Crippen MR) is 67.0 cm³/mol. The predicted octanol–water partition coefficient (Wildman–Crippen LogP) is 0.902. The monoisotopic (exact) mass is 288 g/mol. The number of ether oxygens (including phenoxy) is 1. The van der Waals surface area contributed by atoms with E-state index in [9.17, 15) is 9.59 Å². The van der Waals surface area contributed by atoms with Crippen molar-refractivity contribution in [3.05, 3.63) is 11.2 Å². The highest BCUT2D eigenvalue weighted by atomic mass is 35.5. The van der Waals surface area contributed by atoms with E-state index in [4.69, 9.17) is 16.3 Å². The van der Waals surface area contributed by atoms with E-state index in [0.29, 0.717) is 5.75 Å². The molecule has 1 aromatic heterocycles. The number of halogens is 1. The van der Waals surface area contributed by atoms with Crippen LogP contribution in [0.3, 0.4) is 0 Å². The molecule has 2 heterocycles. The Morgan fingerprint density at radius 2 is 2.44 bits per heavy atom. The Balaban J connectivity index is 2.07. The molecule has 0 radical (unpaired) electrons. The molecule has 0 saturated carbocycles. The number of amides is 2. The third-order valence-electron chi connectivity index (χ3n) is 2.11.